The first-order valence-corrected chi connectivity index (χ1v) is 8.50. The highest BCUT2D eigenvalue weighted by Crippen LogP contribution is 2.41. The van der Waals surface area contributed by atoms with Gasteiger partial charge in [0, 0.05) is 12.5 Å². The average Bonchev–Trinajstić information content (AvgIpc) is 2.86. The molecule has 3 rings (SSSR count). The van der Waals surface area contributed by atoms with Gasteiger partial charge in [-0.05, 0) is 30.0 Å². The van der Waals surface area contributed by atoms with Gasteiger partial charge >= 0.3 is 0 Å². The van der Waals surface area contributed by atoms with Gasteiger partial charge in [0.2, 0.25) is 0 Å². The van der Waals surface area contributed by atoms with Gasteiger partial charge in [-0.1, -0.05) is 40.9 Å². The zero-order chi connectivity index (χ0) is 15.0. The smallest absolute Gasteiger partial charge is 0.148 e. The van der Waals surface area contributed by atoms with Crippen molar-refractivity contribution in [3.63, 3.8) is 0 Å². The summed E-state index contributed by atoms with van der Waals surface area (Å²) in [5, 5.41) is 2.40. The summed E-state index contributed by atoms with van der Waals surface area (Å²) in [6.45, 7) is 0. The molecule has 0 spiro atoms. The molecule has 0 fully saturated rings. The molecule has 0 saturated heterocycles. The van der Waals surface area contributed by atoms with Gasteiger partial charge in [-0.15, -0.1) is 11.8 Å². The van der Waals surface area contributed by atoms with E-state index in [1.165, 1.54) is 0 Å². The molecule has 0 bridgehead atoms. The van der Waals surface area contributed by atoms with Crippen LogP contribution in [0.1, 0.15) is 5.56 Å². The van der Waals surface area contributed by atoms with Gasteiger partial charge in [-0.2, -0.15) is 0 Å². The second-order valence-corrected chi connectivity index (χ2v) is 6.52. The van der Waals surface area contributed by atoms with E-state index < -0.39 is 0 Å². The molecule has 0 radical (unpaired) electrons. The Morgan fingerprint density at radius 2 is 1.90 bits per heavy atom. The van der Waals surface area contributed by atoms with Crippen molar-refractivity contribution in [2.45, 2.75) is 6.42 Å². The first kappa shape index (κ1) is 15.0. The van der Waals surface area contributed by atoms with Crippen LogP contribution < -0.4 is 4.74 Å². The maximum Gasteiger partial charge on any atom is 0.148 e. The SMILES string of the molecule is CSC1=Nc2cc(Oc3cccc(Cl)c3Cl)c(Cl)cc2C1. The number of ether oxygens (including phenoxy) is 1. The Hall–Kier alpha value is -0.870. The number of nitrogens with zero attached hydrogens (tertiary/aromatic N) is 1. The lowest BCUT2D eigenvalue weighted by molar-refractivity contribution is 0.483. The summed E-state index contributed by atoms with van der Waals surface area (Å²) in [4.78, 5) is 4.54. The second-order valence-electron chi connectivity index (χ2n) is 4.45. The molecular weight excluding hydrogens is 349 g/mol. The van der Waals surface area contributed by atoms with Gasteiger partial charge in [-0.25, -0.2) is 4.99 Å². The number of aliphatic imine (C=N–C) groups is 1. The van der Waals surface area contributed by atoms with Crippen LogP contribution >= 0.6 is 46.6 Å². The minimum atomic E-state index is 0.365. The Bertz CT molecular complexity index is 746. The molecule has 1 heterocycles. The number of benzene rings is 2. The lowest BCUT2D eigenvalue weighted by Crippen LogP contribution is -1.91. The molecule has 0 aromatic heterocycles. The molecule has 2 aromatic carbocycles. The number of hydrogen-bond donors (Lipinski definition) is 0. The van der Waals surface area contributed by atoms with E-state index in [0.29, 0.717) is 26.6 Å². The van der Waals surface area contributed by atoms with Crippen molar-refractivity contribution in [3.05, 3.63) is 51.0 Å². The van der Waals surface area contributed by atoms with Crippen LogP contribution in [0.4, 0.5) is 5.69 Å². The van der Waals surface area contributed by atoms with Crippen LogP contribution in [0.15, 0.2) is 35.3 Å². The van der Waals surface area contributed by atoms with Crippen LogP contribution in [0, 0.1) is 0 Å². The second kappa shape index (κ2) is 6.09. The van der Waals surface area contributed by atoms with Gasteiger partial charge in [0.05, 0.1) is 20.8 Å². The standard InChI is InChI=1S/C15H10Cl3NOS/c1-21-14-6-8-5-10(17)13(7-11(8)19-14)20-12-4-2-3-9(16)15(12)18/h2-5,7H,6H2,1H3. The van der Waals surface area contributed by atoms with Crippen LogP contribution in [0.2, 0.25) is 15.1 Å². The highest BCUT2D eigenvalue weighted by molar-refractivity contribution is 8.13. The monoisotopic (exact) mass is 357 g/mol. The van der Waals surface area contributed by atoms with E-state index >= 15 is 0 Å². The maximum atomic E-state index is 6.28. The number of rotatable bonds is 2. The van der Waals surface area contributed by atoms with Gasteiger partial charge < -0.3 is 4.74 Å². The third-order valence-electron chi connectivity index (χ3n) is 3.09. The van der Waals surface area contributed by atoms with E-state index in [2.05, 4.69) is 4.99 Å². The van der Waals surface area contributed by atoms with Gasteiger partial charge in [0.15, 0.2) is 0 Å². The Morgan fingerprint density at radius 1 is 1.10 bits per heavy atom. The predicted octanol–water partition coefficient (Wildman–Crippen LogP) is 6.39. The summed E-state index contributed by atoms with van der Waals surface area (Å²) in [5.41, 5.74) is 1.99. The topological polar surface area (TPSA) is 21.6 Å². The Balaban J connectivity index is 1.97. The van der Waals surface area contributed by atoms with E-state index in [4.69, 9.17) is 39.5 Å². The van der Waals surface area contributed by atoms with Crippen molar-refractivity contribution < 1.29 is 4.74 Å². The zero-order valence-corrected chi connectivity index (χ0v) is 14.1. The Labute approximate surface area is 142 Å². The van der Waals surface area contributed by atoms with Gasteiger partial charge in [-0.3, -0.25) is 0 Å². The van der Waals surface area contributed by atoms with Crippen LogP contribution in [0.3, 0.4) is 0 Å². The fourth-order valence-corrected chi connectivity index (χ4v) is 3.09. The molecule has 1 aliphatic rings. The minimum Gasteiger partial charge on any atom is -0.454 e. The molecule has 0 aliphatic carbocycles. The van der Waals surface area contributed by atoms with Gasteiger partial charge in [0.1, 0.15) is 16.5 Å². The lowest BCUT2D eigenvalue weighted by Gasteiger charge is -2.11. The normalized spacial score (nSPS) is 13.0. The molecular formula is C15H10Cl3NOS. The van der Waals surface area contributed by atoms with Crippen molar-refractivity contribution >= 4 is 57.3 Å². The van der Waals surface area contributed by atoms with Crippen LogP contribution in [-0.2, 0) is 6.42 Å². The third-order valence-corrected chi connectivity index (χ3v) is 4.90. The van der Waals surface area contributed by atoms with Crippen LogP contribution in [-0.4, -0.2) is 11.3 Å². The summed E-state index contributed by atoms with van der Waals surface area (Å²) in [6, 6.07) is 8.94. The number of hydrogen-bond acceptors (Lipinski definition) is 3. The minimum absolute atomic E-state index is 0.365. The molecule has 0 N–H and O–H groups in total. The van der Waals surface area contributed by atoms with E-state index in [9.17, 15) is 0 Å². The fraction of sp³-hybridized carbons (Fsp3) is 0.133. The molecule has 0 atom stereocenters. The number of halogens is 3. The maximum absolute atomic E-state index is 6.28. The van der Waals surface area contributed by atoms with Gasteiger partial charge in [0.25, 0.3) is 0 Å². The zero-order valence-electron chi connectivity index (χ0n) is 11.0. The van der Waals surface area contributed by atoms with E-state index in [0.717, 1.165) is 22.7 Å². The van der Waals surface area contributed by atoms with Crippen LogP contribution in [0.25, 0.3) is 0 Å². The number of thioether (sulfide) groups is 1. The summed E-state index contributed by atoms with van der Waals surface area (Å²) in [5.74, 6) is 0.990. The van der Waals surface area contributed by atoms with Crippen molar-refractivity contribution in [1.82, 2.24) is 0 Å². The summed E-state index contributed by atoms with van der Waals surface area (Å²) in [6.07, 6.45) is 2.82. The quantitative estimate of drug-likeness (QED) is 0.620. The first-order chi connectivity index (χ1) is 10.1. The molecule has 6 heteroatoms. The van der Waals surface area contributed by atoms with E-state index in [1.54, 1.807) is 30.0 Å². The van der Waals surface area contributed by atoms with Crippen LogP contribution in [0.5, 0.6) is 11.5 Å². The summed E-state index contributed by atoms with van der Waals surface area (Å²) < 4.78 is 5.79. The molecule has 108 valence electrons. The third kappa shape index (κ3) is 3.02. The Morgan fingerprint density at radius 3 is 2.67 bits per heavy atom. The molecule has 0 amide bonds. The molecule has 21 heavy (non-hydrogen) atoms. The molecule has 2 nitrogen and oxygen atoms in total. The summed E-state index contributed by atoms with van der Waals surface area (Å²) in [7, 11) is 0. The van der Waals surface area contributed by atoms with Crippen molar-refractivity contribution in [2.24, 2.45) is 4.99 Å². The number of fused-ring (bicyclic) bond motifs is 1. The average molecular weight is 359 g/mol. The first-order valence-electron chi connectivity index (χ1n) is 6.14. The molecule has 2 aromatic rings. The molecule has 0 saturated carbocycles. The largest absolute Gasteiger partial charge is 0.454 e. The van der Waals surface area contributed by atoms with E-state index in [-0.39, 0.29) is 0 Å². The van der Waals surface area contributed by atoms with Crippen molar-refractivity contribution in [3.8, 4) is 11.5 Å². The summed E-state index contributed by atoms with van der Waals surface area (Å²) >= 11 is 20.0. The Kier molecular flexibility index (Phi) is 4.36. The van der Waals surface area contributed by atoms with Crippen molar-refractivity contribution in [2.75, 3.05) is 6.26 Å². The molecule has 0 unspecified atom stereocenters. The highest BCUT2D eigenvalue weighted by atomic mass is 35.5. The molecule has 1 aliphatic heterocycles. The lowest BCUT2D eigenvalue weighted by atomic mass is 10.1. The van der Waals surface area contributed by atoms with Crippen molar-refractivity contribution in [1.29, 1.82) is 0 Å². The van der Waals surface area contributed by atoms with E-state index in [1.807, 2.05) is 18.4 Å². The fourth-order valence-electron chi connectivity index (χ4n) is 2.04. The predicted molar refractivity (Wildman–Crippen MR) is 92.3 cm³/mol. The highest BCUT2D eigenvalue weighted by Gasteiger charge is 2.18.